The van der Waals surface area contributed by atoms with E-state index in [1.165, 1.54) is 24.1 Å². The van der Waals surface area contributed by atoms with Crippen LogP contribution in [0.25, 0.3) is 0 Å². The van der Waals surface area contributed by atoms with Crippen LogP contribution in [0.3, 0.4) is 0 Å². The number of ether oxygens (including phenoxy) is 2. The third-order valence-electron chi connectivity index (χ3n) is 3.33. The average molecular weight is 371 g/mol. The topological polar surface area (TPSA) is 50.8 Å². The van der Waals surface area contributed by atoms with Crippen LogP contribution in [0, 0.1) is 0 Å². The van der Waals surface area contributed by atoms with Crippen LogP contribution in [0.4, 0.5) is 19.3 Å². The summed E-state index contributed by atoms with van der Waals surface area (Å²) in [5, 5.41) is 3.05. The quantitative estimate of drug-likeness (QED) is 0.807. The lowest BCUT2D eigenvalue weighted by atomic mass is 10.2. The van der Waals surface area contributed by atoms with E-state index in [0.29, 0.717) is 16.5 Å². The largest absolute Gasteiger partial charge is 0.497 e. The average Bonchev–Trinajstić information content (AvgIpc) is 2.57. The highest BCUT2D eigenvalue weighted by Gasteiger charge is 2.12. The lowest BCUT2D eigenvalue weighted by molar-refractivity contribution is -0.0498. The minimum Gasteiger partial charge on any atom is -0.497 e. The van der Waals surface area contributed by atoms with E-state index in [2.05, 4.69) is 10.1 Å². The monoisotopic (exact) mass is 370 g/mol. The van der Waals surface area contributed by atoms with E-state index in [1.807, 2.05) is 0 Å². The van der Waals surface area contributed by atoms with E-state index >= 15 is 0 Å². The summed E-state index contributed by atoms with van der Waals surface area (Å²) in [6.07, 6.45) is 0. The third kappa shape index (κ3) is 5.49. The van der Waals surface area contributed by atoms with Gasteiger partial charge < -0.3 is 19.7 Å². The Labute approximate surface area is 149 Å². The minimum absolute atomic E-state index is 0.0656. The minimum atomic E-state index is -2.87. The molecule has 0 spiro atoms. The predicted octanol–water partition coefficient (Wildman–Crippen LogP) is 4.61. The van der Waals surface area contributed by atoms with Crippen molar-refractivity contribution >= 4 is 23.3 Å². The van der Waals surface area contributed by atoms with Gasteiger partial charge in [-0.3, -0.25) is 0 Å². The number of urea groups is 1. The molecule has 0 fully saturated rings. The number of amides is 2. The molecule has 0 aliphatic carbocycles. The molecule has 5 nitrogen and oxygen atoms in total. The van der Waals surface area contributed by atoms with Crippen LogP contribution in [-0.4, -0.2) is 31.7 Å². The Morgan fingerprint density at radius 2 is 1.84 bits per heavy atom. The Morgan fingerprint density at radius 3 is 2.40 bits per heavy atom. The molecule has 25 heavy (non-hydrogen) atoms. The molecule has 0 bridgehead atoms. The van der Waals surface area contributed by atoms with E-state index < -0.39 is 6.61 Å². The zero-order valence-corrected chi connectivity index (χ0v) is 14.4. The van der Waals surface area contributed by atoms with Crippen molar-refractivity contribution in [2.24, 2.45) is 0 Å². The Kier molecular flexibility index (Phi) is 6.41. The Bertz CT molecular complexity index is 726. The van der Waals surface area contributed by atoms with Gasteiger partial charge >= 0.3 is 12.6 Å². The fourth-order valence-corrected chi connectivity index (χ4v) is 2.27. The van der Waals surface area contributed by atoms with Gasteiger partial charge in [-0.25, -0.2) is 4.79 Å². The van der Waals surface area contributed by atoms with Gasteiger partial charge in [0.15, 0.2) is 0 Å². The lowest BCUT2D eigenvalue weighted by Gasteiger charge is -2.19. The maximum absolute atomic E-state index is 12.2. The summed E-state index contributed by atoms with van der Waals surface area (Å²) in [4.78, 5) is 13.7. The fourth-order valence-electron chi connectivity index (χ4n) is 2.06. The highest BCUT2D eigenvalue weighted by atomic mass is 35.5. The molecule has 0 saturated carbocycles. The molecule has 1 N–H and O–H groups in total. The smallest absolute Gasteiger partial charge is 0.387 e. The number of hydrogen-bond acceptors (Lipinski definition) is 3. The summed E-state index contributed by atoms with van der Waals surface area (Å²) in [5.74, 6) is 0.651. The molecule has 2 aromatic rings. The van der Waals surface area contributed by atoms with Crippen molar-refractivity contribution in [3.8, 4) is 11.5 Å². The predicted molar refractivity (Wildman–Crippen MR) is 91.6 cm³/mol. The Morgan fingerprint density at radius 1 is 1.20 bits per heavy atom. The van der Waals surface area contributed by atoms with Gasteiger partial charge in [0, 0.05) is 19.7 Å². The summed E-state index contributed by atoms with van der Waals surface area (Å²) in [7, 11) is 3.13. The van der Waals surface area contributed by atoms with Gasteiger partial charge in [0.1, 0.15) is 11.5 Å². The van der Waals surface area contributed by atoms with Gasteiger partial charge in [0.25, 0.3) is 0 Å². The number of benzene rings is 2. The van der Waals surface area contributed by atoms with Crippen molar-refractivity contribution in [2.45, 2.75) is 13.2 Å². The molecule has 0 atom stereocenters. The van der Waals surface area contributed by atoms with Crippen molar-refractivity contribution in [1.29, 1.82) is 0 Å². The second kappa shape index (κ2) is 8.53. The molecule has 0 aromatic heterocycles. The second-order valence-corrected chi connectivity index (χ2v) is 5.56. The molecule has 0 unspecified atom stereocenters. The highest BCUT2D eigenvalue weighted by Crippen LogP contribution is 2.27. The zero-order chi connectivity index (χ0) is 18.4. The summed E-state index contributed by atoms with van der Waals surface area (Å²) < 4.78 is 33.6. The third-order valence-corrected chi connectivity index (χ3v) is 3.65. The summed E-state index contributed by atoms with van der Waals surface area (Å²) in [6, 6.07) is 10.6. The first-order valence-corrected chi connectivity index (χ1v) is 7.66. The maximum atomic E-state index is 12.2. The molecule has 134 valence electrons. The van der Waals surface area contributed by atoms with Crippen LogP contribution in [0.2, 0.25) is 5.02 Å². The Hall–Kier alpha value is -2.54. The number of alkyl halides is 2. The second-order valence-electron chi connectivity index (χ2n) is 5.15. The van der Waals surface area contributed by atoms with Gasteiger partial charge in [0.2, 0.25) is 0 Å². The maximum Gasteiger partial charge on any atom is 0.387 e. The van der Waals surface area contributed by atoms with Gasteiger partial charge in [-0.1, -0.05) is 23.7 Å². The molecule has 0 aliphatic rings. The normalized spacial score (nSPS) is 10.5. The molecule has 2 aromatic carbocycles. The highest BCUT2D eigenvalue weighted by molar-refractivity contribution is 6.33. The van der Waals surface area contributed by atoms with Crippen LogP contribution in [0.5, 0.6) is 11.5 Å². The number of anilines is 1. The summed E-state index contributed by atoms with van der Waals surface area (Å²) in [5.41, 5.74) is 1.22. The molecule has 0 heterocycles. The summed E-state index contributed by atoms with van der Waals surface area (Å²) >= 11 is 6.09. The van der Waals surface area contributed by atoms with Crippen molar-refractivity contribution in [2.75, 3.05) is 19.5 Å². The number of carbonyl (C=O) groups is 1. The Balaban J connectivity index is 1.96. The lowest BCUT2D eigenvalue weighted by Crippen LogP contribution is -2.30. The number of carbonyl (C=O) groups excluding carboxylic acids is 1. The van der Waals surface area contributed by atoms with E-state index in [-0.39, 0.29) is 18.3 Å². The van der Waals surface area contributed by atoms with Crippen LogP contribution < -0.4 is 14.8 Å². The van der Waals surface area contributed by atoms with Crippen molar-refractivity contribution in [1.82, 2.24) is 4.90 Å². The molecule has 2 rings (SSSR count). The number of rotatable bonds is 6. The van der Waals surface area contributed by atoms with Gasteiger partial charge in [0.05, 0.1) is 17.8 Å². The van der Waals surface area contributed by atoms with E-state index in [1.54, 1.807) is 37.4 Å². The van der Waals surface area contributed by atoms with Crippen LogP contribution in [0.1, 0.15) is 5.56 Å². The zero-order valence-electron chi connectivity index (χ0n) is 13.6. The standard InChI is InChI=1S/C17H17ClF2N2O3/c1-22(10-11-3-5-12(6-4-11)25-16(19)20)17(23)21-15-8-7-13(24-2)9-14(15)18/h3-9,16H,10H2,1-2H3,(H,21,23). The number of methoxy groups -OCH3 is 1. The number of nitrogens with zero attached hydrogens (tertiary/aromatic N) is 1. The molecule has 8 heteroatoms. The first-order valence-electron chi connectivity index (χ1n) is 7.28. The molecule has 0 aliphatic heterocycles. The van der Waals surface area contributed by atoms with Crippen molar-refractivity contribution < 1.29 is 23.0 Å². The molecular weight excluding hydrogens is 354 g/mol. The van der Waals surface area contributed by atoms with Gasteiger partial charge in [-0.15, -0.1) is 0 Å². The van der Waals surface area contributed by atoms with Gasteiger partial charge in [-0.05, 0) is 29.8 Å². The van der Waals surface area contributed by atoms with E-state index in [0.717, 1.165) is 5.56 Å². The first-order chi connectivity index (χ1) is 11.9. The number of hydrogen-bond donors (Lipinski definition) is 1. The SMILES string of the molecule is COc1ccc(NC(=O)N(C)Cc2ccc(OC(F)F)cc2)c(Cl)c1. The van der Waals surface area contributed by atoms with Crippen LogP contribution >= 0.6 is 11.6 Å². The van der Waals surface area contributed by atoms with E-state index in [9.17, 15) is 13.6 Å². The molecule has 0 saturated heterocycles. The van der Waals surface area contributed by atoms with Gasteiger partial charge in [-0.2, -0.15) is 8.78 Å². The molecule has 0 radical (unpaired) electrons. The summed E-state index contributed by atoms with van der Waals surface area (Å²) in [6.45, 7) is -2.58. The number of halogens is 3. The number of nitrogens with one attached hydrogen (secondary N) is 1. The first kappa shape index (κ1) is 18.8. The van der Waals surface area contributed by atoms with E-state index in [4.69, 9.17) is 16.3 Å². The van der Waals surface area contributed by atoms with Crippen molar-refractivity contribution in [3.63, 3.8) is 0 Å². The fraction of sp³-hybridized carbons (Fsp3) is 0.235. The van der Waals surface area contributed by atoms with Crippen LogP contribution in [0.15, 0.2) is 42.5 Å². The molecule has 2 amide bonds. The van der Waals surface area contributed by atoms with Crippen molar-refractivity contribution in [3.05, 3.63) is 53.1 Å². The molecular formula is C17H17ClF2N2O3. The van der Waals surface area contributed by atoms with Crippen LogP contribution in [-0.2, 0) is 6.54 Å².